The summed E-state index contributed by atoms with van der Waals surface area (Å²) in [5.74, 6) is -0.915. The molecule has 0 aromatic rings. The van der Waals surface area contributed by atoms with Gasteiger partial charge in [0.25, 0.3) is 0 Å². The summed E-state index contributed by atoms with van der Waals surface area (Å²) in [5.41, 5.74) is 0. The van der Waals surface area contributed by atoms with Gasteiger partial charge < -0.3 is 14.2 Å². The summed E-state index contributed by atoms with van der Waals surface area (Å²) >= 11 is 0. The van der Waals surface area contributed by atoms with Crippen molar-refractivity contribution >= 4 is 17.9 Å². The molecule has 0 fully saturated rings. The predicted molar refractivity (Wildman–Crippen MR) is 353 cm³/mol. The number of carbonyl (C=O) groups excluding carboxylic acids is 3. The second-order valence-electron chi connectivity index (χ2n) is 22.7. The third-order valence-corrected chi connectivity index (χ3v) is 14.8. The van der Waals surface area contributed by atoms with E-state index in [1.54, 1.807) is 0 Å². The Labute approximate surface area is 501 Å². The zero-order chi connectivity index (χ0) is 58.5. The van der Waals surface area contributed by atoms with Crippen LogP contribution in [-0.2, 0) is 28.6 Å². The van der Waals surface area contributed by atoms with Crippen LogP contribution < -0.4 is 0 Å². The molecular formula is C75H128O6. The molecule has 0 saturated heterocycles. The van der Waals surface area contributed by atoms with E-state index < -0.39 is 6.10 Å². The molecule has 0 heterocycles. The van der Waals surface area contributed by atoms with Gasteiger partial charge in [-0.05, 0) is 109 Å². The molecule has 0 spiro atoms. The first kappa shape index (κ1) is 77.1. The van der Waals surface area contributed by atoms with E-state index in [0.29, 0.717) is 19.3 Å². The molecule has 1 unspecified atom stereocenters. The second-order valence-corrected chi connectivity index (χ2v) is 22.7. The number of hydrogen-bond acceptors (Lipinski definition) is 6. The fourth-order valence-corrected chi connectivity index (χ4v) is 9.63. The number of esters is 3. The number of hydrogen-bond donors (Lipinski definition) is 0. The molecule has 1 atom stereocenters. The van der Waals surface area contributed by atoms with Gasteiger partial charge in [-0.15, -0.1) is 0 Å². The molecule has 6 nitrogen and oxygen atoms in total. The van der Waals surface area contributed by atoms with Crippen LogP contribution in [0.5, 0.6) is 0 Å². The lowest BCUT2D eigenvalue weighted by Crippen LogP contribution is -2.30. The molecular weight excluding hydrogens is 997 g/mol. The topological polar surface area (TPSA) is 78.9 Å². The average molecular weight is 1130 g/mol. The lowest BCUT2D eigenvalue weighted by atomic mass is 10.0. The summed E-state index contributed by atoms with van der Waals surface area (Å²) < 4.78 is 17.0. The third kappa shape index (κ3) is 66.8. The Morgan fingerprint density at radius 3 is 0.753 bits per heavy atom. The Kier molecular flexibility index (Phi) is 65.2. The molecule has 0 aromatic carbocycles. The molecule has 0 N–H and O–H groups in total. The van der Waals surface area contributed by atoms with Crippen LogP contribution in [0.2, 0.25) is 0 Å². The molecule has 0 bridgehead atoms. The number of rotatable bonds is 62. The molecule has 0 saturated carbocycles. The maximum Gasteiger partial charge on any atom is 0.306 e. The molecule has 0 rings (SSSR count). The van der Waals surface area contributed by atoms with Crippen LogP contribution in [0.25, 0.3) is 0 Å². The summed E-state index contributed by atoms with van der Waals surface area (Å²) in [6, 6.07) is 0. The molecule has 464 valence electrons. The minimum absolute atomic E-state index is 0.0903. The lowest BCUT2D eigenvalue weighted by Gasteiger charge is -2.18. The van der Waals surface area contributed by atoms with E-state index in [9.17, 15) is 14.4 Å². The molecule has 0 amide bonds. The normalized spacial score (nSPS) is 12.8. The first-order chi connectivity index (χ1) is 40.0. The van der Waals surface area contributed by atoms with Gasteiger partial charge in [0.2, 0.25) is 0 Å². The fourth-order valence-electron chi connectivity index (χ4n) is 9.63. The summed E-state index contributed by atoms with van der Waals surface area (Å²) in [5, 5.41) is 0. The SMILES string of the molecule is CC/C=C\C/C=C\C/C=C\C/C=C\C/C=C\C/C=C\CCCCCCC(=O)OCC(COC(=O)CCCCCCCCCCCCCCCCCCCCC)OC(=O)CCCCCCCC/C=C\C/C=C\C/C=C\CCCCCCC. The van der Waals surface area contributed by atoms with E-state index >= 15 is 0 Å². The zero-order valence-electron chi connectivity index (χ0n) is 53.3. The smallest absolute Gasteiger partial charge is 0.306 e. The summed E-state index contributed by atoms with van der Waals surface area (Å²) in [6.45, 7) is 6.52. The van der Waals surface area contributed by atoms with E-state index in [0.717, 1.165) is 135 Å². The zero-order valence-corrected chi connectivity index (χ0v) is 53.3. The fraction of sp³-hybridized carbons (Fsp3) is 0.720. The van der Waals surface area contributed by atoms with Crippen molar-refractivity contribution in [3.8, 4) is 0 Å². The van der Waals surface area contributed by atoms with Crippen LogP contribution in [0.15, 0.2) is 109 Å². The van der Waals surface area contributed by atoms with E-state index in [2.05, 4.69) is 130 Å². The summed E-state index contributed by atoms with van der Waals surface area (Å²) in [7, 11) is 0. The van der Waals surface area contributed by atoms with Gasteiger partial charge in [0, 0.05) is 19.3 Å². The van der Waals surface area contributed by atoms with Gasteiger partial charge in [0.15, 0.2) is 6.10 Å². The maximum atomic E-state index is 13.0. The molecule has 0 aromatic heterocycles. The Balaban J connectivity index is 4.46. The van der Waals surface area contributed by atoms with Crippen molar-refractivity contribution in [2.24, 2.45) is 0 Å². The van der Waals surface area contributed by atoms with Gasteiger partial charge in [-0.1, -0.05) is 310 Å². The minimum atomic E-state index is -0.799. The number of allylic oxidation sites excluding steroid dienone is 18. The monoisotopic (exact) mass is 1120 g/mol. The van der Waals surface area contributed by atoms with E-state index in [-0.39, 0.29) is 31.1 Å². The molecule has 6 heteroatoms. The van der Waals surface area contributed by atoms with E-state index in [1.807, 2.05) is 0 Å². The molecule has 81 heavy (non-hydrogen) atoms. The second kappa shape index (κ2) is 68.6. The van der Waals surface area contributed by atoms with Gasteiger partial charge in [-0.3, -0.25) is 14.4 Å². The Bertz CT molecular complexity index is 1620. The van der Waals surface area contributed by atoms with E-state index in [4.69, 9.17) is 14.2 Å². The number of unbranched alkanes of at least 4 members (excludes halogenated alkanes) is 33. The number of carbonyl (C=O) groups is 3. The predicted octanol–water partition coefficient (Wildman–Crippen LogP) is 23.8. The molecule has 0 aliphatic heterocycles. The van der Waals surface area contributed by atoms with Crippen molar-refractivity contribution in [3.05, 3.63) is 109 Å². The van der Waals surface area contributed by atoms with Crippen LogP contribution in [0.3, 0.4) is 0 Å². The lowest BCUT2D eigenvalue weighted by molar-refractivity contribution is -0.167. The highest BCUT2D eigenvalue weighted by atomic mass is 16.6. The summed E-state index contributed by atoms with van der Waals surface area (Å²) in [4.78, 5) is 38.5. The largest absolute Gasteiger partial charge is 0.462 e. The summed E-state index contributed by atoms with van der Waals surface area (Å²) in [6.07, 6.45) is 93.8. The van der Waals surface area contributed by atoms with Gasteiger partial charge in [0.05, 0.1) is 0 Å². The van der Waals surface area contributed by atoms with Crippen LogP contribution in [0, 0.1) is 0 Å². The maximum absolute atomic E-state index is 13.0. The van der Waals surface area contributed by atoms with Crippen molar-refractivity contribution in [1.29, 1.82) is 0 Å². The first-order valence-corrected chi connectivity index (χ1v) is 34.4. The van der Waals surface area contributed by atoms with Gasteiger partial charge >= 0.3 is 17.9 Å². The molecule has 0 aliphatic carbocycles. The van der Waals surface area contributed by atoms with Crippen molar-refractivity contribution in [3.63, 3.8) is 0 Å². The average Bonchev–Trinajstić information content (AvgIpc) is 3.47. The van der Waals surface area contributed by atoms with Crippen LogP contribution in [0.4, 0.5) is 0 Å². The molecule has 0 radical (unpaired) electrons. The van der Waals surface area contributed by atoms with Crippen LogP contribution in [-0.4, -0.2) is 37.2 Å². The highest BCUT2D eigenvalue weighted by molar-refractivity contribution is 5.71. The van der Waals surface area contributed by atoms with Gasteiger partial charge in [-0.2, -0.15) is 0 Å². The van der Waals surface area contributed by atoms with Gasteiger partial charge in [0.1, 0.15) is 13.2 Å². The Morgan fingerprint density at radius 2 is 0.481 bits per heavy atom. The molecule has 0 aliphatic rings. The highest BCUT2D eigenvalue weighted by Crippen LogP contribution is 2.17. The van der Waals surface area contributed by atoms with Crippen LogP contribution >= 0.6 is 0 Å². The Morgan fingerprint density at radius 1 is 0.259 bits per heavy atom. The minimum Gasteiger partial charge on any atom is -0.462 e. The Hall–Kier alpha value is -3.93. The van der Waals surface area contributed by atoms with Crippen molar-refractivity contribution in [2.45, 2.75) is 335 Å². The van der Waals surface area contributed by atoms with Crippen molar-refractivity contribution < 1.29 is 28.6 Å². The van der Waals surface area contributed by atoms with Crippen molar-refractivity contribution in [2.75, 3.05) is 13.2 Å². The van der Waals surface area contributed by atoms with E-state index in [1.165, 1.54) is 154 Å². The third-order valence-electron chi connectivity index (χ3n) is 14.8. The number of ether oxygens (including phenoxy) is 3. The first-order valence-electron chi connectivity index (χ1n) is 34.4. The van der Waals surface area contributed by atoms with Crippen molar-refractivity contribution in [1.82, 2.24) is 0 Å². The standard InChI is InChI=1S/C75H128O6/c1-4-7-10-13-16-19-22-25-28-31-34-36-37-39-41-44-47-50-53-56-59-62-65-68-74(77)80-71-72(70-79-73(76)67-64-61-58-55-52-49-46-43-40-33-30-27-24-21-18-15-12-9-6-3)81-75(78)69-66-63-60-57-54-51-48-45-42-38-35-32-29-26-23-20-17-14-11-8-5-2/h7,10,16,19,23,25-26,28,32,34-36,39,41-42,45,47,50,72H,4-6,8-9,11-15,17-18,20-22,24,27,29-31,33,37-38,40,43-44,46,48-49,51-71H2,1-3H3/b10-7-,19-16-,26-23-,28-25-,35-32-,36-34-,41-39-,45-42-,50-47-. The quantitative estimate of drug-likeness (QED) is 0.0261. The highest BCUT2D eigenvalue weighted by Gasteiger charge is 2.19. The van der Waals surface area contributed by atoms with Crippen LogP contribution in [0.1, 0.15) is 329 Å². The van der Waals surface area contributed by atoms with Gasteiger partial charge in [-0.25, -0.2) is 0 Å².